The quantitative estimate of drug-likeness (QED) is 0.899. The van der Waals surface area contributed by atoms with Gasteiger partial charge in [0.05, 0.1) is 6.04 Å². The minimum atomic E-state index is 0.246. The molecular weight excluding hydrogens is 284 g/mol. The van der Waals surface area contributed by atoms with Crippen LogP contribution in [0.15, 0.2) is 54.6 Å². The van der Waals surface area contributed by atoms with Gasteiger partial charge in [-0.05, 0) is 37.5 Å². The lowest BCUT2D eigenvalue weighted by molar-refractivity contribution is -0.131. The molecule has 2 aromatic carbocycles. The third kappa shape index (κ3) is 3.92. The number of nitrogens with one attached hydrogen (secondary N) is 1. The molecule has 1 heterocycles. The Labute approximate surface area is 138 Å². The number of likely N-dealkylation sites (tertiary alicyclic amines) is 1. The van der Waals surface area contributed by atoms with Gasteiger partial charge in [0.1, 0.15) is 0 Å². The van der Waals surface area contributed by atoms with E-state index in [9.17, 15) is 4.79 Å². The zero-order valence-electron chi connectivity index (χ0n) is 13.7. The number of hydrogen-bond acceptors (Lipinski definition) is 2. The molecule has 0 spiro atoms. The van der Waals surface area contributed by atoms with E-state index in [1.54, 1.807) is 0 Å². The second-order valence-electron chi connectivity index (χ2n) is 6.20. The highest BCUT2D eigenvalue weighted by Gasteiger charge is 2.29. The molecule has 23 heavy (non-hydrogen) atoms. The Kier molecular flexibility index (Phi) is 4.96. The Balaban J connectivity index is 1.54. The third-order valence-corrected chi connectivity index (χ3v) is 4.48. The van der Waals surface area contributed by atoms with Crippen LogP contribution in [0.2, 0.25) is 0 Å². The lowest BCUT2D eigenvalue weighted by atomic mass is 10.0. The summed E-state index contributed by atoms with van der Waals surface area (Å²) in [6.45, 7) is 3.63. The van der Waals surface area contributed by atoms with Crippen molar-refractivity contribution >= 4 is 11.6 Å². The Morgan fingerprint density at radius 1 is 1.13 bits per heavy atom. The van der Waals surface area contributed by atoms with Gasteiger partial charge in [-0.15, -0.1) is 0 Å². The van der Waals surface area contributed by atoms with Crippen molar-refractivity contribution in [2.45, 2.75) is 32.2 Å². The van der Waals surface area contributed by atoms with Crippen molar-refractivity contribution < 1.29 is 4.79 Å². The maximum absolute atomic E-state index is 12.6. The van der Waals surface area contributed by atoms with E-state index in [1.807, 2.05) is 11.0 Å². The Bertz CT molecular complexity index is 636. The molecule has 0 radical (unpaired) electrons. The topological polar surface area (TPSA) is 32.3 Å². The van der Waals surface area contributed by atoms with Crippen LogP contribution in [0.25, 0.3) is 0 Å². The van der Waals surface area contributed by atoms with Crippen molar-refractivity contribution in [3.8, 4) is 0 Å². The van der Waals surface area contributed by atoms with Gasteiger partial charge in [-0.2, -0.15) is 0 Å². The first-order chi connectivity index (χ1) is 11.2. The van der Waals surface area contributed by atoms with Crippen LogP contribution in [0, 0.1) is 6.92 Å². The van der Waals surface area contributed by atoms with Crippen molar-refractivity contribution in [2.24, 2.45) is 0 Å². The molecule has 0 aromatic heterocycles. The number of hydrogen-bond donors (Lipinski definition) is 1. The maximum atomic E-state index is 12.6. The average molecular weight is 308 g/mol. The molecule has 1 amide bonds. The van der Waals surface area contributed by atoms with Crippen LogP contribution >= 0.6 is 0 Å². The van der Waals surface area contributed by atoms with Crippen molar-refractivity contribution in [3.05, 3.63) is 65.7 Å². The largest absolute Gasteiger partial charge is 0.385 e. The van der Waals surface area contributed by atoms with E-state index < -0.39 is 0 Å². The molecule has 0 saturated carbocycles. The summed E-state index contributed by atoms with van der Waals surface area (Å²) in [5, 5.41) is 3.33. The van der Waals surface area contributed by atoms with Crippen LogP contribution in [0.1, 0.15) is 36.4 Å². The normalized spacial score (nSPS) is 17.3. The Morgan fingerprint density at radius 3 is 2.61 bits per heavy atom. The number of nitrogens with zero attached hydrogens (tertiary/aromatic N) is 1. The van der Waals surface area contributed by atoms with Crippen molar-refractivity contribution in [1.29, 1.82) is 0 Å². The molecule has 1 aliphatic heterocycles. The summed E-state index contributed by atoms with van der Waals surface area (Å²) in [6, 6.07) is 18.9. The average Bonchev–Trinajstić information content (AvgIpc) is 3.07. The van der Waals surface area contributed by atoms with Gasteiger partial charge in [0, 0.05) is 25.2 Å². The van der Waals surface area contributed by atoms with E-state index in [0.29, 0.717) is 13.0 Å². The monoisotopic (exact) mass is 308 g/mol. The second kappa shape index (κ2) is 7.32. The Hall–Kier alpha value is -2.29. The van der Waals surface area contributed by atoms with E-state index in [4.69, 9.17) is 0 Å². The van der Waals surface area contributed by atoms with Crippen LogP contribution in [-0.2, 0) is 4.79 Å². The molecule has 0 unspecified atom stereocenters. The van der Waals surface area contributed by atoms with Crippen molar-refractivity contribution in [3.63, 3.8) is 0 Å². The van der Waals surface area contributed by atoms with Crippen molar-refractivity contribution in [1.82, 2.24) is 4.90 Å². The smallest absolute Gasteiger partial charge is 0.224 e. The second-order valence-corrected chi connectivity index (χ2v) is 6.20. The van der Waals surface area contributed by atoms with Crippen LogP contribution < -0.4 is 5.32 Å². The lowest BCUT2D eigenvalue weighted by Crippen LogP contribution is -2.31. The van der Waals surface area contributed by atoms with Gasteiger partial charge in [-0.25, -0.2) is 0 Å². The highest BCUT2D eigenvalue weighted by molar-refractivity contribution is 5.77. The molecule has 1 fully saturated rings. The van der Waals surface area contributed by atoms with E-state index in [0.717, 1.165) is 25.1 Å². The fourth-order valence-corrected chi connectivity index (χ4v) is 3.22. The highest BCUT2D eigenvalue weighted by atomic mass is 16.2. The summed E-state index contributed by atoms with van der Waals surface area (Å²) in [4.78, 5) is 14.6. The molecule has 1 atom stereocenters. The zero-order chi connectivity index (χ0) is 16.1. The predicted molar refractivity (Wildman–Crippen MR) is 94.4 cm³/mol. The summed E-state index contributed by atoms with van der Waals surface area (Å²) in [5.41, 5.74) is 3.57. The third-order valence-electron chi connectivity index (χ3n) is 4.48. The number of anilines is 1. The first kappa shape index (κ1) is 15.6. The lowest BCUT2D eigenvalue weighted by Gasteiger charge is -2.25. The van der Waals surface area contributed by atoms with Gasteiger partial charge in [0.2, 0.25) is 5.91 Å². The number of carbonyl (C=O) groups excluding carboxylic acids is 1. The predicted octanol–water partition coefficient (Wildman–Crippen LogP) is 4.16. The molecular formula is C20H24N2O. The molecule has 1 aliphatic rings. The number of benzene rings is 2. The van der Waals surface area contributed by atoms with Gasteiger partial charge in [-0.1, -0.05) is 48.0 Å². The minimum absolute atomic E-state index is 0.246. The summed E-state index contributed by atoms with van der Waals surface area (Å²) >= 11 is 0. The molecule has 0 aliphatic carbocycles. The maximum Gasteiger partial charge on any atom is 0.224 e. The van der Waals surface area contributed by atoms with Crippen LogP contribution in [0.3, 0.4) is 0 Å². The van der Waals surface area contributed by atoms with Gasteiger partial charge >= 0.3 is 0 Å². The molecule has 3 nitrogen and oxygen atoms in total. The van der Waals surface area contributed by atoms with E-state index >= 15 is 0 Å². The summed E-state index contributed by atoms with van der Waals surface area (Å²) in [7, 11) is 0. The molecule has 0 bridgehead atoms. The fraction of sp³-hybridized carbons (Fsp3) is 0.350. The van der Waals surface area contributed by atoms with E-state index in [2.05, 4.69) is 60.8 Å². The minimum Gasteiger partial charge on any atom is -0.385 e. The standard InChI is InChI=1S/C20H24N2O/c1-16-9-11-18(12-10-16)21-14-13-20(23)22-15-5-8-19(22)17-6-3-2-4-7-17/h2-4,6-7,9-12,19,21H,5,8,13-15H2,1H3/t19-/m1/s1. The first-order valence-corrected chi connectivity index (χ1v) is 8.39. The molecule has 1 N–H and O–H groups in total. The number of aryl methyl sites for hydroxylation is 1. The molecule has 2 aromatic rings. The number of amides is 1. The van der Waals surface area contributed by atoms with Gasteiger partial charge in [0.25, 0.3) is 0 Å². The van der Waals surface area contributed by atoms with Gasteiger partial charge in [-0.3, -0.25) is 4.79 Å². The summed E-state index contributed by atoms with van der Waals surface area (Å²) in [5.74, 6) is 0.246. The molecule has 120 valence electrons. The molecule has 3 rings (SSSR count). The summed E-state index contributed by atoms with van der Waals surface area (Å²) < 4.78 is 0. The van der Waals surface area contributed by atoms with Crippen LogP contribution in [-0.4, -0.2) is 23.9 Å². The van der Waals surface area contributed by atoms with Gasteiger partial charge in [0.15, 0.2) is 0 Å². The zero-order valence-corrected chi connectivity index (χ0v) is 13.7. The summed E-state index contributed by atoms with van der Waals surface area (Å²) in [6.07, 6.45) is 2.70. The van der Waals surface area contributed by atoms with E-state index in [-0.39, 0.29) is 11.9 Å². The van der Waals surface area contributed by atoms with Crippen LogP contribution in [0.4, 0.5) is 5.69 Å². The Morgan fingerprint density at radius 2 is 1.87 bits per heavy atom. The highest BCUT2D eigenvalue weighted by Crippen LogP contribution is 2.32. The number of rotatable bonds is 5. The van der Waals surface area contributed by atoms with Gasteiger partial charge < -0.3 is 10.2 Å². The SMILES string of the molecule is Cc1ccc(NCCC(=O)N2CCC[C@@H]2c2ccccc2)cc1. The molecule has 1 saturated heterocycles. The molecule has 3 heteroatoms. The fourth-order valence-electron chi connectivity index (χ4n) is 3.22. The van der Waals surface area contributed by atoms with Crippen LogP contribution in [0.5, 0.6) is 0 Å². The first-order valence-electron chi connectivity index (χ1n) is 8.39. The van der Waals surface area contributed by atoms with Crippen molar-refractivity contribution in [2.75, 3.05) is 18.4 Å². The van der Waals surface area contributed by atoms with E-state index in [1.165, 1.54) is 11.1 Å². The number of carbonyl (C=O) groups is 1.